The van der Waals surface area contributed by atoms with Crippen LogP contribution in [0.15, 0.2) is 42.5 Å². The van der Waals surface area contributed by atoms with Crippen molar-refractivity contribution in [3.8, 4) is 0 Å². The highest BCUT2D eigenvalue weighted by molar-refractivity contribution is 6.33. The fourth-order valence-corrected chi connectivity index (χ4v) is 3.54. The lowest BCUT2D eigenvalue weighted by atomic mass is 10.0. The van der Waals surface area contributed by atoms with Gasteiger partial charge in [-0.2, -0.15) is 13.2 Å². The Hall–Kier alpha value is -2.45. The van der Waals surface area contributed by atoms with Crippen LogP contribution < -0.4 is 15.5 Å². The highest BCUT2D eigenvalue weighted by atomic mass is 35.5. The van der Waals surface area contributed by atoms with E-state index in [0.717, 1.165) is 30.9 Å². The maximum atomic E-state index is 12.9. The average Bonchev–Trinajstić information content (AvgIpc) is 2.73. The molecule has 1 saturated heterocycles. The molecule has 1 aliphatic rings. The van der Waals surface area contributed by atoms with Gasteiger partial charge in [0.05, 0.1) is 29.5 Å². The average molecular weight is 456 g/mol. The van der Waals surface area contributed by atoms with Crippen LogP contribution in [0.4, 0.5) is 30.2 Å². The summed E-state index contributed by atoms with van der Waals surface area (Å²) in [5.74, 6) is -0.434. The van der Waals surface area contributed by atoms with Gasteiger partial charge in [0.25, 0.3) is 0 Å². The first-order valence-corrected chi connectivity index (χ1v) is 10.4. The van der Waals surface area contributed by atoms with Crippen molar-refractivity contribution in [2.24, 2.45) is 5.92 Å². The molecule has 2 aromatic carbocycles. The molecule has 0 aromatic heterocycles. The maximum absolute atomic E-state index is 12.9. The first kappa shape index (κ1) is 23.2. The van der Waals surface area contributed by atoms with Gasteiger partial charge in [-0.1, -0.05) is 25.4 Å². The number of ether oxygens (including phenoxy) is 1. The monoisotopic (exact) mass is 455 g/mol. The maximum Gasteiger partial charge on any atom is 0.416 e. The van der Waals surface area contributed by atoms with Gasteiger partial charge in [0, 0.05) is 24.5 Å². The SMILES string of the molecule is CC(C)C(Nc1ccc(C(F)(F)F)cc1Cl)C(=O)Nc1ccc(N2CCOCC2)cc1. The lowest BCUT2D eigenvalue weighted by Crippen LogP contribution is -2.39. The Bertz CT molecular complexity index is 898. The minimum absolute atomic E-state index is 0.0943. The summed E-state index contributed by atoms with van der Waals surface area (Å²) < 4.78 is 43.9. The summed E-state index contributed by atoms with van der Waals surface area (Å²) in [6, 6.07) is 9.86. The highest BCUT2D eigenvalue weighted by Crippen LogP contribution is 2.34. The Morgan fingerprint density at radius 1 is 1.10 bits per heavy atom. The van der Waals surface area contributed by atoms with Crippen LogP contribution in [0, 0.1) is 5.92 Å². The van der Waals surface area contributed by atoms with Crippen molar-refractivity contribution in [1.29, 1.82) is 0 Å². The van der Waals surface area contributed by atoms with E-state index in [0.29, 0.717) is 18.9 Å². The number of benzene rings is 2. The summed E-state index contributed by atoms with van der Waals surface area (Å²) in [5.41, 5.74) is 1.12. The van der Waals surface area contributed by atoms with Crippen molar-refractivity contribution in [1.82, 2.24) is 0 Å². The molecule has 1 heterocycles. The molecule has 5 nitrogen and oxygen atoms in total. The van der Waals surface area contributed by atoms with Crippen LogP contribution in [-0.2, 0) is 15.7 Å². The van der Waals surface area contributed by atoms with Crippen LogP contribution in [0.25, 0.3) is 0 Å². The van der Waals surface area contributed by atoms with Gasteiger partial charge in [0.15, 0.2) is 0 Å². The molecule has 2 N–H and O–H groups in total. The van der Waals surface area contributed by atoms with Crippen LogP contribution in [0.3, 0.4) is 0 Å². The van der Waals surface area contributed by atoms with Gasteiger partial charge < -0.3 is 20.3 Å². The zero-order valence-corrected chi connectivity index (χ0v) is 18.1. The molecule has 0 radical (unpaired) electrons. The topological polar surface area (TPSA) is 53.6 Å². The van der Waals surface area contributed by atoms with Gasteiger partial charge in [-0.3, -0.25) is 4.79 Å². The quantitative estimate of drug-likeness (QED) is 0.623. The van der Waals surface area contributed by atoms with Crippen LogP contribution in [0.1, 0.15) is 19.4 Å². The number of hydrogen-bond acceptors (Lipinski definition) is 4. The third-order valence-electron chi connectivity index (χ3n) is 5.07. The third kappa shape index (κ3) is 6.04. The molecule has 0 bridgehead atoms. The Kier molecular flexibility index (Phi) is 7.33. The van der Waals surface area contributed by atoms with Gasteiger partial charge >= 0.3 is 6.18 Å². The van der Waals surface area contributed by atoms with Gasteiger partial charge in [-0.05, 0) is 48.4 Å². The van der Waals surface area contributed by atoms with Gasteiger partial charge in [-0.15, -0.1) is 0 Å². The molecule has 168 valence electrons. The highest BCUT2D eigenvalue weighted by Gasteiger charge is 2.31. The number of alkyl halides is 3. The van der Waals surface area contributed by atoms with Crippen molar-refractivity contribution in [2.75, 3.05) is 41.8 Å². The third-order valence-corrected chi connectivity index (χ3v) is 5.38. The Balaban J connectivity index is 1.68. The molecule has 1 aliphatic heterocycles. The number of morpholine rings is 1. The van der Waals surface area contributed by atoms with E-state index in [-0.39, 0.29) is 22.5 Å². The number of carbonyl (C=O) groups excluding carboxylic acids is 1. The summed E-state index contributed by atoms with van der Waals surface area (Å²) in [7, 11) is 0. The van der Waals surface area contributed by atoms with E-state index < -0.39 is 17.8 Å². The molecule has 1 amide bonds. The van der Waals surface area contributed by atoms with Crippen LogP contribution in [0.5, 0.6) is 0 Å². The predicted molar refractivity (Wildman–Crippen MR) is 117 cm³/mol. The van der Waals surface area contributed by atoms with Crippen LogP contribution in [0.2, 0.25) is 5.02 Å². The molecule has 1 atom stereocenters. The molecular formula is C22H25ClF3N3O2. The van der Waals surface area contributed by atoms with E-state index >= 15 is 0 Å². The van der Waals surface area contributed by atoms with E-state index in [9.17, 15) is 18.0 Å². The molecule has 1 fully saturated rings. The normalized spacial score (nSPS) is 15.6. The first-order chi connectivity index (χ1) is 14.6. The Labute approximate surface area is 184 Å². The first-order valence-electron chi connectivity index (χ1n) is 10.0. The second kappa shape index (κ2) is 9.78. The second-order valence-electron chi connectivity index (χ2n) is 7.69. The van der Waals surface area contributed by atoms with Gasteiger partial charge in [-0.25, -0.2) is 0 Å². The molecule has 0 spiro atoms. The number of hydrogen-bond donors (Lipinski definition) is 2. The minimum atomic E-state index is -4.48. The Morgan fingerprint density at radius 3 is 2.29 bits per heavy atom. The molecule has 2 aromatic rings. The lowest BCUT2D eigenvalue weighted by molar-refractivity contribution is -0.137. The van der Waals surface area contributed by atoms with Crippen molar-refractivity contribution in [3.05, 3.63) is 53.1 Å². The number of rotatable bonds is 6. The van der Waals surface area contributed by atoms with Gasteiger partial charge in [0.2, 0.25) is 5.91 Å². The van der Waals surface area contributed by atoms with E-state index in [4.69, 9.17) is 16.3 Å². The predicted octanol–water partition coefficient (Wildman–Crippen LogP) is 5.27. The smallest absolute Gasteiger partial charge is 0.378 e. The lowest BCUT2D eigenvalue weighted by Gasteiger charge is -2.29. The molecule has 9 heteroatoms. The van der Waals surface area contributed by atoms with Crippen molar-refractivity contribution in [3.63, 3.8) is 0 Å². The van der Waals surface area contributed by atoms with E-state index in [1.165, 1.54) is 6.07 Å². The number of carbonyl (C=O) groups is 1. The van der Waals surface area contributed by atoms with Gasteiger partial charge in [0.1, 0.15) is 6.04 Å². The second-order valence-corrected chi connectivity index (χ2v) is 8.10. The summed E-state index contributed by atoms with van der Waals surface area (Å²) in [5, 5.41) is 5.74. The zero-order chi connectivity index (χ0) is 22.6. The molecule has 3 rings (SSSR count). The Morgan fingerprint density at radius 2 is 1.74 bits per heavy atom. The van der Waals surface area contributed by atoms with Crippen molar-refractivity contribution < 1.29 is 22.7 Å². The van der Waals surface area contributed by atoms with Crippen molar-refractivity contribution >= 4 is 34.6 Å². The number of halogens is 4. The van der Waals surface area contributed by atoms with Crippen LogP contribution in [-0.4, -0.2) is 38.3 Å². The van der Waals surface area contributed by atoms with Crippen molar-refractivity contribution in [2.45, 2.75) is 26.1 Å². The summed E-state index contributed by atoms with van der Waals surface area (Å²) >= 11 is 6.03. The number of nitrogens with zero attached hydrogens (tertiary/aromatic N) is 1. The zero-order valence-electron chi connectivity index (χ0n) is 17.3. The van der Waals surface area contributed by atoms with Crippen LogP contribution >= 0.6 is 11.6 Å². The van der Waals surface area contributed by atoms with E-state index in [1.807, 2.05) is 38.1 Å². The summed E-state index contributed by atoms with van der Waals surface area (Å²) in [4.78, 5) is 15.1. The number of anilines is 3. The molecular weight excluding hydrogens is 431 g/mol. The molecule has 0 aliphatic carbocycles. The largest absolute Gasteiger partial charge is 0.416 e. The molecule has 0 saturated carbocycles. The molecule has 31 heavy (non-hydrogen) atoms. The van der Waals surface area contributed by atoms with E-state index in [1.54, 1.807) is 0 Å². The molecule has 1 unspecified atom stereocenters. The number of nitrogens with one attached hydrogen (secondary N) is 2. The number of amides is 1. The standard InChI is InChI=1S/C22H25ClF3N3O2/c1-14(2)20(28-19-8-3-15(13-18(19)23)22(24,25)26)21(30)27-16-4-6-17(7-5-16)29-9-11-31-12-10-29/h3-8,13-14,20,28H,9-12H2,1-2H3,(H,27,30). The van der Waals surface area contributed by atoms with E-state index in [2.05, 4.69) is 15.5 Å². The fourth-order valence-electron chi connectivity index (χ4n) is 3.31. The summed E-state index contributed by atoms with van der Waals surface area (Å²) in [6.45, 7) is 6.70. The fraction of sp³-hybridized carbons (Fsp3) is 0.409. The summed E-state index contributed by atoms with van der Waals surface area (Å²) in [6.07, 6.45) is -4.48. The minimum Gasteiger partial charge on any atom is -0.378 e.